The third-order valence-corrected chi connectivity index (χ3v) is 3.52. The van der Waals surface area contributed by atoms with Crippen LogP contribution in [0.4, 0.5) is 0 Å². The molecule has 1 amide bonds. The van der Waals surface area contributed by atoms with E-state index in [1.165, 1.54) is 6.92 Å². The van der Waals surface area contributed by atoms with Crippen LogP contribution >= 0.6 is 0 Å². The number of carbonyl (C=O) groups excluding carboxylic acids is 1. The zero-order chi connectivity index (χ0) is 15.3. The van der Waals surface area contributed by atoms with Gasteiger partial charge in [0, 0.05) is 11.5 Å². The first-order valence-electron chi connectivity index (χ1n) is 6.54. The summed E-state index contributed by atoms with van der Waals surface area (Å²) >= 11 is 0. The number of para-hydroxylation sites is 1. The van der Waals surface area contributed by atoms with Gasteiger partial charge in [0.2, 0.25) is 5.91 Å². The summed E-state index contributed by atoms with van der Waals surface area (Å²) in [6.07, 6.45) is 0. The molecule has 0 saturated heterocycles. The summed E-state index contributed by atoms with van der Waals surface area (Å²) in [5.41, 5.74) is 0.860. The van der Waals surface area contributed by atoms with Gasteiger partial charge in [-0.15, -0.1) is 0 Å². The zero-order valence-electron chi connectivity index (χ0n) is 12.2. The van der Waals surface area contributed by atoms with Crippen molar-refractivity contribution in [3.8, 4) is 5.75 Å². The zero-order valence-corrected chi connectivity index (χ0v) is 12.2. The summed E-state index contributed by atoms with van der Waals surface area (Å²) in [7, 11) is 1.57. The van der Waals surface area contributed by atoms with Gasteiger partial charge in [-0.3, -0.25) is 9.59 Å². The Hall–Kier alpha value is -2.04. The predicted molar refractivity (Wildman–Crippen MR) is 75.5 cm³/mol. The van der Waals surface area contributed by atoms with Gasteiger partial charge in [-0.1, -0.05) is 32.0 Å². The molecular formula is C15H21NO4. The summed E-state index contributed by atoms with van der Waals surface area (Å²) in [5.74, 6) is -1.88. The minimum atomic E-state index is -0.974. The molecule has 0 aliphatic carbocycles. The van der Waals surface area contributed by atoms with Crippen LogP contribution < -0.4 is 10.1 Å². The van der Waals surface area contributed by atoms with Crippen molar-refractivity contribution in [2.45, 2.75) is 26.8 Å². The van der Waals surface area contributed by atoms with E-state index in [0.29, 0.717) is 5.75 Å². The number of rotatable bonds is 6. The van der Waals surface area contributed by atoms with Gasteiger partial charge in [0.25, 0.3) is 0 Å². The molecule has 0 heterocycles. The summed E-state index contributed by atoms with van der Waals surface area (Å²) in [4.78, 5) is 23.0. The smallest absolute Gasteiger partial charge is 0.307 e. The van der Waals surface area contributed by atoms with Crippen LogP contribution in [0.1, 0.15) is 32.4 Å². The monoisotopic (exact) mass is 279 g/mol. The van der Waals surface area contributed by atoms with Crippen LogP contribution in [0.25, 0.3) is 0 Å². The molecule has 0 radical (unpaired) electrons. The van der Waals surface area contributed by atoms with Crippen LogP contribution in [0.3, 0.4) is 0 Å². The van der Waals surface area contributed by atoms with Crippen LogP contribution in [0.5, 0.6) is 5.75 Å². The van der Waals surface area contributed by atoms with Gasteiger partial charge in [0.15, 0.2) is 0 Å². The van der Waals surface area contributed by atoms with E-state index in [4.69, 9.17) is 9.84 Å². The fraction of sp³-hybridized carbons (Fsp3) is 0.467. The lowest BCUT2D eigenvalue weighted by molar-refractivity contribution is -0.146. The van der Waals surface area contributed by atoms with Gasteiger partial charge >= 0.3 is 5.97 Å². The lowest BCUT2D eigenvalue weighted by Gasteiger charge is -2.21. The number of ether oxygens (including phenoxy) is 1. The maximum absolute atomic E-state index is 12.1. The van der Waals surface area contributed by atoms with E-state index >= 15 is 0 Å². The second-order valence-corrected chi connectivity index (χ2v) is 4.89. The molecule has 1 aromatic rings. The average molecular weight is 279 g/mol. The number of carboxylic acids is 1. The molecule has 5 heteroatoms. The number of amides is 1. The Morgan fingerprint density at radius 3 is 2.30 bits per heavy atom. The van der Waals surface area contributed by atoms with Gasteiger partial charge in [0.05, 0.1) is 19.1 Å². The Labute approximate surface area is 118 Å². The standard InChI is InChI=1S/C15H21NO4/c1-9(10(2)15(18)19)14(17)16-11(3)12-7-5-6-8-13(12)20-4/h5-11H,1-4H3,(H,16,17)(H,18,19)/t9?,10?,11-/m1/s1. The van der Waals surface area contributed by atoms with E-state index in [0.717, 1.165) is 5.56 Å². The van der Waals surface area contributed by atoms with Crippen molar-refractivity contribution in [3.63, 3.8) is 0 Å². The van der Waals surface area contributed by atoms with Gasteiger partial charge in [0.1, 0.15) is 5.75 Å². The summed E-state index contributed by atoms with van der Waals surface area (Å²) in [6.45, 7) is 4.98. The molecule has 110 valence electrons. The molecule has 0 aliphatic rings. The third-order valence-electron chi connectivity index (χ3n) is 3.52. The van der Waals surface area contributed by atoms with Crippen LogP contribution in [0, 0.1) is 11.8 Å². The summed E-state index contributed by atoms with van der Waals surface area (Å²) < 4.78 is 5.25. The van der Waals surface area contributed by atoms with Gasteiger partial charge in [-0.25, -0.2) is 0 Å². The predicted octanol–water partition coefficient (Wildman–Crippen LogP) is 2.23. The number of methoxy groups -OCH3 is 1. The Kier molecular flexibility index (Phi) is 5.55. The normalized spacial score (nSPS) is 15.0. The van der Waals surface area contributed by atoms with Gasteiger partial charge in [-0.05, 0) is 13.0 Å². The van der Waals surface area contributed by atoms with Crippen molar-refractivity contribution in [1.29, 1.82) is 0 Å². The highest BCUT2D eigenvalue weighted by atomic mass is 16.5. The molecule has 2 N–H and O–H groups in total. The molecule has 0 fully saturated rings. The van der Waals surface area contributed by atoms with E-state index in [1.807, 2.05) is 31.2 Å². The Morgan fingerprint density at radius 2 is 1.75 bits per heavy atom. The maximum atomic E-state index is 12.1. The van der Waals surface area contributed by atoms with Crippen molar-refractivity contribution >= 4 is 11.9 Å². The van der Waals surface area contributed by atoms with Crippen molar-refractivity contribution in [2.75, 3.05) is 7.11 Å². The first-order valence-corrected chi connectivity index (χ1v) is 6.54. The molecule has 3 atom stereocenters. The van der Waals surface area contributed by atoms with Crippen LogP contribution in [0.2, 0.25) is 0 Å². The molecule has 1 rings (SSSR count). The van der Waals surface area contributed by atoms with Crippen LogP contribution in [-0.4, -0.2) is 24.1 Å². The summed E-state index contributed by atoms with van der Waals surface area (Å²) in [6, 6.07) is 7.16. The van der Waals surface area contributed by atoms with Gasteiger partial charge < -0.3 is 15.2 Å². The minimum Gasteiger partial charge on any atom is -0.496 e. The topological polar surface area (TPSA) is 75.6 Å². The fourth-order valence-corrected chi connectivity index (χ4v) is 1.89. The first-order chi connectivity index (χ1) is 9.38. The SMILES string of the molecule is COc1ccccc1[C@@H](C)NC(=O)C(C)C(C)C(=O)O. The van der Waals surface area contributed by atoms with Crippen molar-refractivity contribution < 1.29 is 19.4 Å². The largest absolute Gasteiger partial charge is 0.496 e. The highest BCUT2D eigenvalue weighted by molar-refractivity contribution is 5.84. The third kappa shape index (κ3) is 3.73. The van der Waals surface area contributed by atoms with E-state index in [2.05, 4.69) is 5.32 Å². The number of aliphatic carboxylic acids is 1. The maximum Gasteiger partial charge on any atom is 0.307 e. The number of hydrogen-bond donors (Lipinski definition) is 2. The lowest BCUT2D eigenvalue weighted by Crippen LogP contribution is -2.36. The molecule has 0 aliphatic heterocycles. The molecule has 1 aromatic carbocycles. The Balaban J connectivity index is 2.77. The number of hydrogen-bond acceptors (Lipinski definition) is 3. The Bertz CT molecular complexity index is 487. The second kappa shape index (κ2) is 6.93. The molecule has 0 aromatic heterocycles. The molecule has 0 bridgehead atoms. The molecule has 2 unspecified atom stereocenters. The lowest BCUT2D eigenvalue weighted by atomic mass is 9.94. The summed E-state index contributed by atoms with van der Waals surface area (Å²) in [5, 5.41) is 11.8. The van der Waals surface area contributed by atoms with E-state index < -0.39 is 17.8 Å². The number of nitrogens with one attached hydrogen (secondary N) is 1. The minimum absolute atomic E-state index is 0.248. The Morgan fingerprint density at radius 1 is 1.15 bits per heavy atom. The highest BCUT2D eigenvalue weighted by Gasteiger charge is 2.27. The van der Waals surface area contributed by atoms with Crippen LogP contribution in [0.15, 0.2) is 24.3 Å². The molecule has 5 nitrogen and oxygen atoms in total. The van der Waals surface area contributed by atoms with Crippen molar-refractivity contribution in [2.24, 2.45) is 11.8 Å². The number of carboxylic acid groups (broad SMARTS) is 1. The van der Waals surface area contributed by atoms with E-state index in [-0.39, 0.29) is 11.9 Å². The number of benzene rings is 1. The highest BCUT2D eigenvalue weighted by Crippen LogP contribution is 2.25. The van der Waals surface area contributed by atoms with Crippen molar-refractivity contribution in [1.82, 2.24) is 5.32 Å². The van der Waals surface area contributed by atoms with Crippen LogP contribution in [-0.2, 0) is 9.59 Å². The van der Waals surface area contributed by atoms with E-state index in [1.54, 1.807) is 14.0 Å². The second-order valence-electron chi connectivity index (χ2n) is 4.89. The van der Waals surface area contributed by atoms with Gasteiger partial charge in [-0.2, -0.15) is 0 Å². The first kappa shape index (κ1) is 16.0. The van der Waals surface area contributed by atoms with Crippen molar-refractivity contribution in [3.05, 3.63) is 29.8 Å². The quantitative estimate of drug-likeness (QED) is 0.837. The fourth-order valence-electron chi connectivity index (χ4n) is 1.89. The number of carbonyl (C=O) groups is 2. The molecular weight excluding hydrogens is 258 g/mol. The average Bonchev–Trinajstić information content (AvgIpc) is 2.45. The molecule has 0 spiro atoms. The molecule has 0 saturated carbocycles. The molecule has 20 heavy (non-hydrogen) atoms. The van der Waals surface area contributed by atoms with E-state index in [9.17, 15) is 9.59 Å².